The summed E-state index contributed by atoms with van der Waals surface area (Å²) in [5, 5.41) is 19.0. The molecule has 2 saturated heterocycles. The summed E-state index contributed by atoms with van der Waals surface area (Å²) in [7, 11) is 0. The van der Waals surface area contributed by atoms with E-state index in [9.17, 15) is 24.3 Å². The number of nitrogens with zero attached hydrogens (tertiary/aromatic N) is 1. The summed E-state index contributed by atoms with van der Waals surface area (Å²) in [6.07, 6.45) is 3.23. The summed E-state index contributed by atoms with van der Waals surface area (Å²) in [5.41, 5.74) is 2.38. The number of piperidine rings is 1. The van der Waals surface area contributed by atoms with Crippen molar-refractivity contribution in [2.45, 2.75) is 69.0 Å². The Morgan fingerprint density at radius 1 is 1.00 bits per heavy atom. The van der Waals surface area contributed by atoms with Crippen LogP contribution in [0, 0.1) is 5.92 Å². The first-order chi connectivity index (χ1) is 19.7. The minimum atomic E-state index is -1.21. The van der Waals surface area contributed by atoms with E-state index in [1.165, 1.54) is 12.5 Å². The highest BCUT2D eigenvalue weighted by Gasteiger charge is 2.44. The lowest BCUT2D eigenvalue weighted by atomic mass is 9.80. The van der Waals surface area contributed by atoms with Gasteiger partial charge in [0.05, 0.1) is 18.1 Å². The minimum absolute atomic E-state index is 0.0497. The fraction of sp³-hybridized carbons (Fsp3) is 0.484. The second-order valence-corrected chi connectivity index (χ2v) is 12.1. The number of fused-ring (bicyclic) bond motifs is 3. The van der Waals surface area contributed by atoms with Crippen molar-refractivity contribution in [2.75, 3.05) is 19.7 Å². The first kappa shape index (κ1) is 29.1. The zero-order valence-corrected chi connectivity index (χ0v) is 24.0. The van der Waals surface area contributed by atoms with Crippen molar-refractivity contribution in [1.29, 1.82) is 0 Å². The molecule has 3 aliphatic rings. The third kappa shape index (κ3) is 6.41. The lowest BCUT2D eigenvalue weighted by Gasteiger charge is -2.45. The maximum Gasteiger partial charge on any atom is 0.245 e. The zero-order valence-electron chi connectivity index (χ0n) is 23.2. The van der Waals surface area contributed by atoms with Gasteiger partial charge in [-0.2, -0.15) is 0 Å². The second kappa shape index (κ2) is 12.2. The van der Waals surface area contributed by atoms with Crippen molar-refractivity contribution in [1.82, 2.24) is 20.9 Å². The van der Waals surface area contributed by atoms with Crippen molar-refractivity contribution in [3.05, 3.63) is 70.2 Å². The Morgan fingerprint density at radius 3 is 2.51 bits per heavy atom. The Balaban J connectivity index is 1.52. The van der Waals surface area contributed by atoms with Crippen molar-refractivity contribution in [3.63, 3.8) is 0 Å². The Labute approximate surface area is 245 Å². The predicted molar refractivity (Wildman–Crippen MR) is 154 cm³/mol. The average molecular weight is 581 g/mol. The lowest BCUT2D eigenvalue weighted by Crippen LogP contribution is -2.65. The third-order valence-corrected chi connectivity index (χ3v) is 8.96. The number of aliphatic hydroxyl groups is 1. The highest BCUT2D eigenvalue weighted by atomic mass is 35.5. The molecule has 5 atom stereocenters. The second-order valence-electron chi connectivity index (χ2n) is 11.6. The summed E-state index contributed by atoms with van der Waals surface area (Å²) in [6.45, 7) is 1.67. The van der Waals surface area contributed by atoms with Crippen molar-refractivity contribution < 1.29 is 24.3 Å². The molecule has 2 aromatic rings. The van der Waals surface area contributed by atoms with E-state index in [-0.39, 0.29) is 24.8 Å². The Hall–Kier alpha value is -3.43. The van der Waals surface area contributed by atoms with Gasteiger partial charge in [0, 0.05) is 24.5 Å². The molecule has 218 valence electrons. The molecule has 0 spiro atoms. The van der Waals surface area contributed by atoms with E-state index in [0.29, 0.717) is 30.8 Å². The molecule has 2 aliphatic heterocycles. The van der Waals surface area contributed by atoms with E-state index in [4.69, 9.17) is 11.6 Å². The van der Waals surface area contributed by atoms with Crippen LogP contribution in [0.1, 0.15) is 55.2 Å². The monoisotopic (exact) mass is 580 g/mol. The fourth-order valence-electron chi connectivity index (χ4n) is 6.65. The molecule has 4 N–H and O–H groups in total. The van der Waals surface area contributed by atoms with Gasteiger partial charge in [-0.05, 0) is 73.8 Å². The van der Waals surface area contributed by atoms with Gasteiger partial charge in [0.1, 0.15) is 12.1 Å². The Kier molecular flexibility index (Phi) is 8.66. The highest BCUT2D eigenvalue weighted by molar-refractivity contribution is 6.30. The van der Waals surface area contributed by atoms with Crippen LogP contribution in [0.5, 0.6) is 0 Å². The van der Waals surface area contributed by atoms with Gasteiger partial charge in [-0.15, -0.1) is 0 Å². The molecule has 0 saturated carbocycles. The zero-order chi connectivity index (χ0) is 29.1. The molecular formula is C31H37ClN4O5. The summed E-state index contributed by atoms with van der Waals surface area (Å²) in [6, 6.07) is 13.3. The minimum Gasteiger partial charge on any atom is -0.394 e. The molecule has 41 heavy (non-hydrogen) atoms. The molecule has 2 fully saturated rings. The number of aryl methyl sites for hydroxylation is 1. The molecule has 5 rings (SSSR count). The maximum atomic E-state index is 14.4. The van der Waals surface area contributed by atoms with Gasteiger partial charge in [0.15, 0.2) is 0 Å². The van der Waals surface area contributed by atoms with Crippen LogP contribution in [-0.4, -0.2) is 71.0 Å². The van der Waals surface area contributed by atoms with Gasteiger partial charge in [-0.1, -0.05) is 48.0 Å². The number of aliphatic hydroxyl groups excluding tert-OH is 1. The summed E-state index contributed by atoms with van der Waals surface area (Å²) < 4.78 is 0. The average Bonchev–Trinajstić information content (AvgIpc) is 3.39. The van der Waals surface area contributed by atoms with E-state index in [2.05, 4.69) is 22.0 Å². The van der Waals surface area contributed by atoms with Gasteiger partial charge in [0.25, 0.3) is 0 Å². The summed E-state index contributed by atoms with van der Waals surface area (Å²) in [4.78, 5) is 55.8. The fourth-order valence-corrected chi connectivity index (χ4v) is 6.78. The number of hydrogen-bond donors (Lipinski definition) is 4. The standard InChI is InChI=1S/C31H37ClN4O5/c1-19-28(39)34-26(17-37)29(40)35-31(16-20-7-10-22(32)11-8-20)13-4-14-36(18-31)30(41)25(15-27(38)33-19)24-12-9-21-5-2-3-6-23(21)24/h2-3,5-8,10-11,19,24-26,37H,4,9,12-18H2,1H3,(H,33,38)(H,34,39)(H,35,40)/t19?,24-,25?,26?,31?/m1/s1. The van der Waals surface area contributed by atoms with Crippen LogP contribution in [-0.2, 0) is 32.0 Å². The summed E-state index contributed by atoms with van der Waals surface area (Å²) >= 11 is 6.12. The van der Waals surface area contributed by atoms with E-state index in [1.54, 1.807) is 17.0 Å². The number of rotatable bonds is 4. The smallest absolute Gasteiger partial charge is 0.245 e. The van der Waals surface area contributed by atoms with Crippen LogP contribution < -0.4 is 16.0 Å². The van der Waals surface area contributed by atoms with Crippen LogP contribution in [0.3, 0.4) is 0 Å². The lowest BCUT2D eigenvalue weighted by molar-refractivity contribution is -0.143. The number of carbonyl (C=O) groups is 4. The van der Waals surface area contributed by atoms with Crippen molar-refractivity contribution in [3.8, 4) is 0 Å². The van der Waals surface area contributed by atoms with E-state index in [1.807, 2.05) is 30.3 Å². The maximum absolute atomic E-state index is 14.4. The van der Waals surface area contributed by atoms with Gasteiger partial charge in [0.2, 0.25) is 23.6 Å². The molecule has 4 amide bonds. The number of halogens is 1. The molecule has 2 heterocycles. The number of nitrogens with one attached hydrogen (secondary N) is 3. The van der Waals surface area contributed by atoms with Gasteiger partial charge in [-0.3, -0.25) is 19.2 Å². The normalized spacial score (nSPS) is 29.2. The number of benzene rings is 2. The van der Waals surface area contributed by atoms with Crippen LogP contribution in [0.15, 0.2) is 48.5 Å². The number of hydrogen-bond acceptors (Lipinski definition) is 5. The van der Waals surface area contributed by atoms with Crippen LogP contribution in [0.4, 0.5) is 0 Å². The third-order valence-electron chi connectivity index (χ3n) is 8.71. The predicted octanol–water partition coefficient (Wildman–Crippen LogP) is 2.09. The Morgan fingerprint density at radius 2 is 1.76 bits per heavy atom. The quantitative estimate of drug-likeness (QED) is 0.440. The SMILES string of the molecule is CC1NC(=O)CC([C@@H]2CCc3ccccc32)C(=O)N2CCCC(Cc3ccc(Cl)cc3)(C2)NC(=O)C(CO)NC1=O. The number of carbonyl (C=O) groups excluding carboxylic acids is 4. The van der Waals surface area contributed by atoms with Gasteiger partial charge >= 0.3 is 0 Å². The first-order valence-corrected chi connectivity index (χ1v) is 14.7. The van der Waals surface area contributed by atoms with Crippen molar-refractivity contribution >= 4 is 35.2 Å². The molecule has 9 nitrogen and oxygen atoms in total. The molecular weight excluding hydrogens is 544 g/mol. The highest BCUT2D eigenvalue weighted by Crippen LogP contribution is 2.41. The first-order valence-electron chi connectivity index (χ1n) is 14.3. The molecule has 0 aromatic heterocycles. The van der Waals surface area contributed by atoms with E-state index >= 15 is 0 Å². The molecule has 10 heteroatoms. The molecule has 4 unspecified atom stereocenters. The van der Waals surface area contributed by atoms with E-state index < -0.39 is 47.9 Å². The van der Waals surface area contributed by atoms with Gasteiger partial charge < -0.3 is 26.0 Å². The molecule has 2 bridgehead atoms. The molecule has 0 radical (unpaired) electrons. The van der Waals surface area contributed by atoms with E-state index in [0.717, 1.165) is 24.0 Å². The van der Waals surface area contributed by atoms with Gasteiger partial charge in [-0.25, -0.2) is 0 Å². The Bertz CT molecular complexity index is 1320. The molecule has 2 aromatic carbocycles. The van der Waals surface area contributed by atoms with Crippen molar-refractivity contribution in [2.24, 2.45) is 5.92 Å². The summed E-state index contributed by atoms with van der Waals surface area (Å²) in [5.74, 6) is -2.38. The largest absolute Gasteiger partial charge is 0.394 e. The van der Waals surface area contributed by atoms with Crippen LogP contribution in [0.2, 0.25) is 5.02 Å². The number of amides is 4. The van der Waals surface area contributed by atoms with Crippen LogP contribution in [0.25, 0.3) is 0 Å². The topological polar surface area (TPSA) is 128 Å². The molecule has 1 aliphatic carbocycles. The van der Waals surface area contributed by atoms with Crippen LogP contribution >= 0.6 is 11.6 Å².